The standard InChI is InChI=1S/C15H12F3NO4S/c1-10(20)19-12-5-7-14(8-6-12)24(21,22)23-13-4-2-3-11(9-13)15(16,17)18/h2-9H,1H3,(H,19,20). The Bertz CT molecular complexity index is 846. The smallest absolute Gasteiger partial charge is 0.379 e. The largest absolute Gasteiger partial charge is 0.416 e. The van der Waals surface area contributed by atoms with Crippen LogP contribution in [0, 0.1) is 0 Å². The van der Waals surface area contributed by atoms with Gasteiger partial charge in [-0.1, -0.05) is 6.07 Å². The lowest BCUT2D eigenvalue weighted by Gasteiger charge is -2.10. The first-order valence-corrected chi connectivity index (χ1v) is 7.98. The highest BCUT2D eigenvalue weighted by molar-refractivity contribution is 7.87. The Hall–Kier alpha value is -2.55. The Morgan fingerprint density at radius 2 is 1.71 bits per heavy atom. The molecule has 0 atom stereocenters. The van der Waals surface area contributed by atoms with Crippen LogP contribution in [0.2, 0.25) is 0 Å². The maximum Gasteiger partial charge on any atom is 0.416 e. The average Bonchev–Trinajstić information content (AvgIpc) is 2.46. The minimum Gasteiger partial charge on any atom is -0.379 e. The molecule has 0 bridgehead atoms. The molecule has 5 nitrogen and oxygen atoms in total. The van der Waals surface area contributed by atoms with Crippen molar-refractivity contribution in [2.45, 2.75) is 18.0 Å². The number of halogens is 3. The lowest BCUT2D eigenvalue weighted by atomic mass is 10.2. The number of hydrogen-bond donors (Lipinski definition) is 1. The Morgan fingerprint density at radius 1 is 1.08 bits per heavy atom. The molecule has 0 unspecified atom stereocenters. The van der Waals surface area contributed by atoms with Crippen LogP contribution in [0.5, 0.6) is 5.75 Å². The number of carbonyl (C=O) groups is 1. The van der Waals surface area contributed by atoms with Crippen LogP contribution in [0.4, 0.5) is 18.9 Å². The van der Waals surface area contributed by atoms with E-state index >= 15 is 0 Å². The van der Waals surface area contributed by atoms with E-state index in [1.54, 1.807) is 0 Å². The van der Waals surface area contributed by atoms with Crippen molar-refractivity contribution in [2.75, 3.05) is 5.32 Å². The molecule has 0 radical (unpaired) electrons. The molecule has 0 saturated carbocycles. The molecule has 0 aromatic heterocycles. The van der Waals surface area contributed by atoms with Crippen molar-refractivity contribution in [1.29, 1.82) is 0 Å². The molecule has 0 saturated heterocycles. The van der Waals surface area contributed by atoms with Gasteiger partial charge < -0.3 is 9.50 Å². The third-order valence-electron chi connectivity index (χ3n) is 2.83. The third kappa shape index (κ3) is 4.48. The molecular formula is C15H12F3NO4S. The summed E-state index contributed by atoms with van der Waals surface area (Å²) in [7, 11) is -4.30. The van der Waals surface area contributed by atoms with E-state index in [1.165, 1.54) is 31.2 Å². The maximum atomic E-state index is 12.6. The number of alkyl halides is 3. The van der Waals surface area contributed by atoms with Gasteiger partial charge in [-0.2, -0.15) is 21.6 Å². The quantitative estimate of drug-likeness (QED) is 0.849. The van der Waals surface area contributed by atoms with E-state index in [1.807, 2.05) is 0 Å². The molecule has 0 aliphatic heterocycles. The van der Waals surface area contributed by atoms with Gasteiger partial charge in [0.15, 0.2) is 0 Å². The first kappa shape index (κ1) is 17.8. The lowest BCUT2D eigenvalue weighted by Crippen LogP contribution is -2.11. The molecule has 2 aromatic carbocycles. The molecule has 128 valence electrons. The van der Waals surface area contributed by atoms with Crippen molar-refractivity contribution < 1.29 is 30.6 Å². The highest BCUT2D eigenvalue weighted by Crippen LogP contribution is 2.32. The summed E-state index contributed by atoms with van der Waals surface area (Å²) in [5, 5.41) is 2.46. The van der Waals surface area contributed by atoms with E-state index < -0.39 is 27.6 Å². The van der Waals surface area contributed by atoms with Gasteiger partial charge in [0.05, 0.1) is 5.56 Å². The summed E-state index contributed by atoms with van der Waals surface area (Å²) in [6, 6.07) is 8.59. The Balaban J connectivity index is 2.24. The molecule has 2 aromatic rings. The molecule has 1 amide bonds. The Kier molecular flexibility index (Phi) is 4.83. The SMILES string of the molecule is CC(=O)Nc1ccc(S(=O)(=O)Oc2cccc(C(F)(F)F)c2)cc1. The van der Waals surface area contributed by atoms with Gasteiger partial charge in [0.2, 0.25) is 5.91 Å². The van der Waals surface area contributed by atoms with E-state index in [2.05, 4.69) is 5.32 Å². The zero-order valence-corrected chi connectivity index (χ0v) is 13.1. The van der Waals surface area contributed by atoms with Gasteiger partial charge in [-0.05, 0) is 42.5 Å². The predicted octanol–water partition coefficient (Wildman–Crippen LogP) is 3.43. The fraction of sp³-hybridized carbons (Fsp3) is 0.133. The molecule has 0 aliphatic carbocycles. The van der Waals surface area contributed by atoms with Gasteiger partial charge in [-0.3, -0.25) is 4.79 Å². The van der Waals surface area contributed by atoms with Crippen molar-refractivity contribution in [1.82, 2.24) is 0 Å². The summed E-state index contributed by atoms with van der Waals surface area (Å²) in [5.74, 6) is -0.776. The summed E-state index contributed by atoms with van der Waals surface area (Å²) in [6.07, 6.45) is -4.61. The number of carbonyl (C=O) groups excluding carboxylic acids is 1. The fourth-order valence-corrected chi connectivity index (χ4v) is 2.73. The summed E-state index contributed by atoms with van der Waals surface area (Å²) < 4.78 is 66.8. The Labute approximate surface area is 136 Å². The van der Waals surface area contributed by atoms with Crippen LogP contribution in [0.1, 0.15) is 12.5 Å². The second kappa shape index (κ2) is 6.52. The summed E-state index contributed by atoms with van der Waals surface area (Å²) in [5.41, 5.74) is -0.642. The summed E-state index contributed by atoms with van der Waals surface area (Å²) in [6.45, 7) is 1.29. The first-order chi connectivity index (χ1) is 11.1. The summed E-state index contributed by atoms with van der Waals surface area (Å²) in [4.78, 5) is 10.6. The number of amides is 1. The number of benzene rings is 2. The second-order valence-electron chi connectivity index (χ2n) is 4.77. The second-order valence-corrected chi connectivity index (χ2v) is 6.31. The molecule has 0 fully saturated rings. The maximum absolute atomic E-state index is 12.6. The average molecular weight is 359 g/mol. The van der Waals surface area contributed by atoms with E-state index in [0.29, 0.717) is 11.8 Å². The van der Waals surface area contributed by atoms with Gasteiger partial charge >= 0.3 is 16.3 Å². The van der Waals surface area contributed by atoms with Crippen molar-refractivity contribution in [3.05, 3.63) is 54.1 Å². The van der Waals surface area contributed by atoms with Gasteiger partial charge in [-0.25, -0.2) is 0 Å². The third-order valence-corrected chi connectivity index (χ3v) is 4.09. The van der Waals surface area contributed by atoms with Crippen molar-refractivity contribution in [3.8, 4) is 5.75 Å². The number of rotatable bonds is 4. The molecule has 0 aliphatic rings. The van der Waals surface area contributed by atoms with Gasteiger partial charge in [0.25, 0.3) is 0 Å². The van der Waals surface area contributed by atoms with Gasteiger partial charge in [-0.15, -0.1) is 0 Å². The van der Waals surface area contributed by atoms with Crippen LogP contribution in [0.25, 0.3) is 0 Å². The van der Waals surface area contributed by atoms with Crippen LogP contribution in [-0.4, -0.2) is 14.3 Å². The van der Waals surface area contributed by atoms with Crippen LogP contribution in [-0.2, 0) is 21.1 Å². The number of anilines is 1. The molecule has 1 N–H and O–H groups in total. The number of hydrogen-bond acceptors (Lipinski definition) is 4. The summed E-state index contributed by atoms with van der Waals surface area (Å²) >= 11 is 0. The minimum atomic E-state index is -4.61. The van der Waals surface area contributed by atoms with Crippen molar-refractivity contribution in [3.63, 3.8) is 0 Å². The number of nitrogens with one attached hydrogen (secondary N) is 1. The molecule has 2 rings (SSSR count). The van der Waals surface area contributed by atoms with Crippen molar-refractivity contribution >= 4 is 21.7 Å². The minimum absolute atomic E-state index is 0.256. The van der Waals surface area contributed by atoms with E-state index in [0.717, 1.165) is 18.2 Å². The first-order valence-electron chi connectivity index (χ1n) is 6.57. The highest BCUT2D eigenvalue weighted by atomic mass is 32.2. The highest BCUT2D eigenvalue weighted by Gasteiger charge is 2.31. The monoisotopic (exact) mass is 359 g/mol. The Morgan fingerprint density at radius 3 is 2.25 bits per heavy atom. The van der Waals surface area contributed by atoms with Crippen LogP contribution in [0.15, 0.2) is 53.4 Å². The molecule has 24 heavy (non-hydrogen) atoms. The molecule has 9 heteroatoms. The molecule has 0 spiro atoms. The normalized spacial score (nSPS) is 11.8. The molecular weight excluding hydrogens is 347 g/mol. The van der Waals surface area contributed by atoms with Crippen molar-refractivity contribution in [2.24, 2.45) is 0 Å². The topological polar surface area (TPSA) is 72.5 Å². The van der Waals surface area contributed by atoms with Crippen LogP contribution < -0.4 is 9.50 Å². The van der Waals surface area contributed by atoms with Gasteiger partial charge in [0, 0.05) is 12.6 Å². The lowest BCUT2D eigenvalue weighted by molar-refractivity contribution is -0.137. The molecule has 0 heterocycles. The van der Waals surface area contributed by atoms with E-state index in [4.69, 9.17) is 4.18 Å². The van der Waals surface area contributed by atoms with Crippen LogP contribution >= 0.6 is 0 Å². The van der Waals surface area contributed by atoms with E-state index in [-0.39, 0.29) is 10.8 Å². The zero-order chi connectivity index (χ0) is 18.0. The predicted molar refractivity (Wildman–Crippen MR) is 80.0 cm³/mol. The fourth-order valence-electron chi connectivity index (χ4n) is 1.81. The van der Waals surface area contributed by atoms with Gasteiger partial charge in [0.1, 0.15) is 10.6 Å². The van der Waals surface area contributed by atoms with Crippen LogP contribution in [0.3, 0.4) is 0 Å². The zero-order valence-electron chi connectivity index (χ0n) is 12.3. The van der Waals surface area contributed by atoms with E-state index in [9.17, 15) is 26.4 Å².